The van der Waals surface area contributed by atoms with E-state index in [9.17, 15) is 9.18 Å². The van der Waals surface area contributed by atoms with E-state index >= 15 is 0 Å². The molecule has 8 heteroatoms. The second kappa shape index (κ2) is 8.59. The van der Waals surface area contributed by atoms with Gasteiger partial charge in [0.05, 0.1) is 21.3 Å². The van der Waals surface area contributed by atoms with Crippen LogP contribution < -0.4 is 4.80 Å². The Kier molecular flexibility index (Phi) is 5.94. The van der Waals surface area contributed by atoms with Gasteiger partial charge in [-0.3, -0.25) is 4.79 Å². The number of halogens is 2. The zero-order valence-corrected chi connectivity index (χ0v) is 17.5. The van der Waals surface area contributed by atoms with Crippen LogP contribution in [0, 0.1) is 5.82 Å². The van der Waals surface area contributed by atoms with Crippen LogP contribution in [0.5, 0.6) is 0 Å². The fourth-order valence-corrected chi connectivity index (χ4v) is 5.17. The lowest BCUT2D eigenvalue weighted by molar-refractivity contribution is -0.127. The predicted molar refractivity (Wildman–Crippen MR) is 113 cm³/mol. The van der Waals surface area contributed by atoms with E-state index in [4.69, 9.17) is 11.6 Å². The van der Waals surface area contributed by atoms with Gasteiger partial charge >= 0.3 is 0 Å². The summed E-state index contributed by atoms with van der Waals surface area (Å²) in [6.45, 7) is 2.35. The van der Waals surface area contributed by atoms with Gasteiger partial charge in [-0.25, -0.2) is 9.38 Å². The number of rotatable bonds is 6. The highest BCUT2D eigenvalue weighted by Crippen LogP contribution is 2.26. The quantitative estimate of drug-likeness (QED) is 0.516. The molecule has 2 aromatic heterocycles. The summed E-state index contributed by atoms with van der Waals surface area (Å²) in [7, 11) is 0. The number of thiophene rings is 1. The zero-order valence-electron chi connectivity index (χ0n) is 15.1. The first kappa shape index (κ1) is 19.4. The Hall–Kier alpha value is -1.96. The summed E-state index contributed by atoms with van der Waals surface area (Å²) in [6.07, 6.45) is 2.46. The van der Waals surface area contributed by atoms with Crippen molar-refractivity contribution in [3.8, 4) is 10.6 Å². The Morgan fingerprint density at radius 1 is 1.21 bits per heavy atom. The average molecular weight is 436 g/mol. The lowest BCUT2D eigenvalue weighted by Gasteiger charge is -2.16. The zero-order chi connectivity index (χ0) is 19.5. The molecule has 0 N–H and O–H groups in total. The van der Waals surface area contributed by atoms with E-state index in [1.807, 2.05) is 16.3 Å². The molecule has 4 nitrogen and oxygen atoms in total. The van der Waals surface area contributed by atoms with Crippen LogP contribution in [0.3, 0.4) is 0 Å². The summed E-state index contributed by atoms with van der Waals surface area (Å²) >= 11 is 8.98. The number of carbonyl (C=O) groups is 1. The van der Waals surface area contributed by atoms with Gasteiger partial charge in [-0.15, -0.1) is 22.7 Å². The molecule has 1 fully saturated rings. The summed E-state index contributed by atoms with van der Waals surface area (Å²) in [5, 5.41) is 4.22. The van der Waals surface area contributed by atoms with Gasteiger partial charge in [0.25, 0.3) is 0 Å². The normalized spacial score (nSPS) is 15.0. The van der Waals surface area contributed by atoms with E-state index in [0.717, 1.165) is 47.8 Å². The summed E-state index contributed by atoms with van der Waals surface area (Å²) in [4.78, 5) is 20.4. The van der Waals surface area contributed by atoms with Gasteiger partial charge in [-0.05, 0) is 36.4 Å². The summed E-state index contributed by atoms with van der Waals surface area (Å²) in [6, 6.07) is 8.69. The van der Waals surface area contributed by atoms with Gasteiger partial charge in [0, 0.05) is 37.5 Å². The predicted octanol–water partition coefficient (Wildman–Crippen LogP) is 5.32. The van der Waals surface area contributed by atoms with Crippen molar-refractivity contribution in [2.75, 3.05) is 13.1 Å². The minimum Gasteiger partial charge on any atom is -0.343 e. The van der Waals surface area contributed by atoms with Gasteiger partial charge in [0.2, 0.25) is 5.91 Å². The number of aromatic nitrogens is 1. The largest absolute Gasteiger partial charge is 0.343 e. The topological polar surface area (TPSA) is 37.6 Å². The number of likely N-dealkylation sites (tertiary alicyclic amines) is 1. The molecule has 1 amide bonds. The standard InChI is InChI=1S/C20H19ClFN3OS2/c21-15-7-6-14(12-16(15)22)23-20-25(10-3-9-24-8-1-5-19(24)26)17(13-28-20)18-4-2-11-27-18/h2,4,6-7,11-13H,1,3,5,8-10H2. The summed E-state index contributed by atoms with van der Waals surface area (Å²) in [5.74, 6) is -0.229. The van der Waals surface area contributed by atoms with E-state index in [1.165, 1.54) is 23.5 Å². The van der Waals surface area contributed by atoms with Gasteiger partial charge in [-0.1, -0.05) is 17.7 Å². The molecule has 146 valence electrons. The van der Waals surface area contributed by atoms with E-state index in [2.05, 4.69) is 21.0 Å². The van der Waals surface area contributed by atoms with E-state index in [1.54, 1.807) is 17.4 Å². The lowest BCUT2D eigenvalue weighted by Crippen LogP contribution is -2.27. The molecule has 1 saturated heterocycles. The van der Waals surface area contributed by atoms with Crippen LogP contribution >= 0.6 is 34.3 Å². The highest BCUT2D eigenvalue weighted by atomic mass is 35.5. The SMILES string of the molecule is O=C1CCCN1CCCn1c(-c2cccs2)csc1=Nc1ccc(Cl)c(F)c1. The number of thiazole rings is 1. The second-order valence-electron chi connectivity index (χ2n) is 6.58. The Morgan fingerprint density at radius 2 is 2.11 bits per heavy atom. The highest BCUT2D eigenvalue weighted by molar-refractivity contribution is 7.14. The molecule has 0 radical (unpaired) electrons. The molecule has 28 heavy (non-hydrogen) atoms. The fraction of sp³-hybridized carbons (Fsp3) is 0.300. The van der Waals surface area contributed by atoms with Gasteiger partial charge in [0.15, 0.2) is 4.80 Å². The van der Waals surface area contributed by atoms with Crippen LogP contribution in [0.15, 0.2) is 46.1 Å². The fourth-order valence-electron chi connectivity index (χ4n) is 3.28. The molecule has 0 spiro atoms. The summed E-state index contributed by atoms with van der Waals surface area (Å²) in [5.41, 5.74) is 1.63. The average Bonchev–Trinajstić information content (AvgIpc) is 3.41. The third-order valence-corrected chi connectivity index (χ3v) is 6.74. The van der Waals surface area contributed by atoms with Crippen LogP contribution in [-0.2, 0) is 11.3 Å². The molecule has 0 aliphatic carbocycles. The van der Waals surface area contributed by atoms with Crippen molar-refractivity contribution >= 4 is 45.9 Å². The van der Waals surface area contributed by atoms with E-state index < -0.39 is 5.82 Å². The Morgan fingerprint density at radius 3 is 2.82 bits per heavy atom. The molecule has 0 atom stereocenters. The molecule has 1 aliphatic rings. The summed E-state index contributed by atoms with van der Waals surface area (Å²) < 4.78 is 15.9. The Bertz CT molecular complexity index is 1040. The van der Waals surface area contributed by atoms with Crippen LogP contribution in [0.4, 0.5) is 10.1 Å². The lowest BCUT2D eigenvalue weighted by atomic mass is 10.3. The number of hydrogen-bond donors (Lipinski definition) is 0. The minimum atomic E-state index is -0.475. The third kappa shape index (κ3) is 4.21. The molecule has 1 aliphatic heterocycles. The first-order valence-electron chi connectivity index (χ1n) is 9.11. The van der Waals surface area contributed by atoms with Gasteiger partial charge in [0.1, 0.15) is 5.82 Å². The van der Waals surface area contributed by atoms with Crippen LogP contribution in [0.25, 0.3) is 10.6 Å². The van der Waals surface area contributed by atoms with E-state index in [-0.39, 0.29) is 10.9 Å². The van der Waals surface area contributed by atoms with Gasteiger partial charge in [-0.2, -0.15) is 0 Å². The van der Waals surface area contributed by atoms with Crippen LogP contribution in [-0.4, -0.2) is 28.5 Å². The van der Waals surface area contributed by atoms with Gasteiger partial charge < -0.3 is 9.47 Å². The first-order chi connectivity index (χ1) is 13.6. The monoisotopic (exact) mass is 435 g/mol. The molecular formula is C20H19ClFN3OS2. The molecule has 3 aromatic rings. The number of nitrogens with zero attached hydrogens (tertiary/aromatic N) is 3. The Labute approximate surface area is 175 Å². The first-order valence-corrected chi connectivity index (χ1v) is 11.3. The minimum absolute atomic E-state index is 0.0903. The molecule has 0 unspecified atom stereocenters. The molecule has 4 rings (SSSR count). The van der Waals surface area contributed by atoms with E-state index in [0.29, 0.717) is 12.1 Å². The third-order valence-electron chi connectivity index (χ3n) is 4.68. The van der Waals surface area contributed by atoms with Crippen molar-refractivity contribution in [2.24, 2.45) is 4.99 Å². The molecule has 3 heterocycles. The smallest absolute Gasteiger partial charge is 0.222 e. The van der Waals surface area contributed by atoms with Crippen molar-refractivity contribution < 1.29 is 9.18 Å². The molecule has 1 aromatic carbocycles. The number of benzene rings is 1. The number of carbonyl (C=O) groups excluding carboxylic acids is 1. The maximum atomic E-state index is 13.8. The maximum Gasteiger partial charge on any atom is 0.222 e. The van der Waals surface area contributed by atoms with Crippen molar-refractivity contribution in [3.05, 3.63) is 56.7 Å². The van der Waals surface area contributed by atoms with Crippen LogP contribution in [0.1, 0.15) is 19.3 Å². The molecule has 0 bridgehead atoms. The van der Waals surface area contributed by atoms with Crippen molar-refractivity contribution in [1.29, 1.82) is 0 Å². The second-order valence-corrected chi connectivity index (χ2v) is 8.77. The highest BCUT2D eigenvalue weighted by Gasteiger charge is 2.19. The van der Waals surface area contributed by atoms with Crippen molar-refractivity contribution in [2.45, 2.75) is 25.8 Å². The maximum absolute atomic E-state index is 13.8. The number of amides is 1. The Balaban J connectivity index is 1.63. The van der Waals surface area contributed by atoms with Crippen LogP contribution in [0.2, 0.25) is 5.02 Å². The molecule has 0 saturated carbocycles. The molecular weight excluding hydrogens is 417 g/mol. The van der Waals surface area contributed by atoms with Crippen molar-refractivity contribution in [1.82, 2.24) is 9.47 Å². The van der Waals surface area contributed by atoms with Crippen molar-refractivity contribution in [3.63, 3.8) is 0 Å². The number of hydrogen-bond acceptors (Lipinski definition) is 4.